The van der Waals surface area contributed by atoms with Crippen LogP contribution in [-0.4, -0.2) is 51.9 Å². The molecule has 2 heterocycles. The van der Waals surface area contributed by atoms with Gasteiger partial charge >= 0.3 is 0 Å². The van der Waals surface area contributed by atoms with Crippen molar-refractivity contribution >= 4 is 29.9 Å². The van der Waals surface area contributed by atoms with Crippen molar-refractivity contribution in [3.8, 4) is 11.5 Å². The van der Waals surface area contributed by atoms with Gasteiger partial charge in [-0.1, -0.05) is 30.3 Å². The van der Waals surface area contributed by atoms with E-state index in [1.54, 1.807) is 7.11 Å². The van der Waals surface area contributed by atoms with Crippen molar-refractivity contribution in [3.05, 3.63) is 71.8 Å². The summed E-state index contributed by atoms with van der Waals surface area (Å²) in [5, 5.41) is 11.9. The molecule has 0 bridgehead atoms. The Labute approximate surface area is 218 Å². The number of guanidine groups is 1. The predicted octanol–water partition coefficient (Wildman–Crippen LogP) is 3.94. The zero-order valence-electron chi connectivity index (χ0n) is 20.0. The van der Waals surface area contributed by atoms with Gasteiger partial charge in [-0.05, 0) is 36.8 Å². The number of para-hydroxylation sites is 1. The SMILES string of the molecule is COc1ccc(CN=C(NCc2nnc(C)n2C)N2CCC(Oc3ccccc3)CC2)cc1.I. The van der Waals surface area contributed by atoms with Gasteiger partial charge < -0.3 is 24.3 Å². The normalized spacial score (nSPS) is 14.4. The van der Waals surface area contributed by atoms with Gasteiger partial charge in [0, 0.05) is 33.0 Å². The molecule has 8 nitrogen and oxygen atoms in total. The summed E-state index contributed by atoms with van der Waals surface area (Å²) in [6.45, 7) is 4.87. The molecule has 0 radical (unpaired) electrons. The fourth-order valence-corrected chi connectivity index (χ4v) is 3.80. The molecule has 2 aromatic carbocycles. The molecule has 1 aliphatic heterocycles. The van der Waals surface area contributed by atoms with Gasteiger partial charge in [0.05, 0.1) is 20.2 Å². The molecule has 0 spiro atoms. The first kappa shape index (κ1) is 25.8. The maximum absolute atomic E-state index is 6.16. The van der Waals surface area contributed by atoms with Crippen LogP contribution in [0.2, 0.25) is 0 Å². The lowest BCUT2D eigenvalue weighted by molar-refractivity contribution is 0.129. The molecule has 0 unspecified atom stereocenters. The Kier molecular flexibility index (Phi) is 9.55. The van der Waals surface area contributed by atoms with Crippen LogP contribution < -0.4 is 14.8 Å². The lowest BCUT2D eigenvalue weighted by Crippen LogP contribution is -2.47. The lowest BCUT2D eigenvalue weighted by Gasteiger charge is -2.34. The lowest BCUT2D eigenvalue weighted by atomic mass is 10.1. The third-order valence-corrected chi connectivity index (χ3v) is 5.95. The van der Waals surface area contributed by atoms with Crippen LogP contribution in [0, 0.1) is 6.92 Å². The number of methoxy groups -OCH3 is 1. The number of rotatable bonds is 7. The average Bonchev–Trinajstić information content (AvgIpc) is 3.18. The Morgan fingerprint density at radius 1 is 1.03 bits per heavy atom. The van der Waals surface area contributed by atoms with Crippen molar-refractivity contribution in [2.24, 2.45) is 12.0 Å². The molecule has 0 aliphatic carbocycles. The predicted molar refractivity (Wildman–Crippen MR) is 144 cm³/mol. The van der Waals surface area contributed by atoms with Crippen molar-refractivity contribution in [2.75, 3.05) is 20.2 Å². The smallest absolute Gasteiger partial charge is 0.194 e. The highest BCUT2D eigenvalue weighted by Crippen LogP contribution is 2.19. The molecular weight excluding hydrogens is 543 g/mol. The number of aryl methyl sites for hydroxylation is 1. The van der Waals surface area contributed by atoms with Gasteiger partial charge in [-0.2, -0.15) is 0 Å². The molecule has 34 heavy (non-hydrogen) atoms. The number of benzene rings is 2. The number of likely N-dealkylation sites (tertiary alicyclic amines) is 1. The minimum absolute atomic E-state index is 0. The van der Waals surface area contributed by atoms with Crippen LogP contribution in [0.5, 0.6) is 11.5 Å². The summed E-state index contributed by atoms with van der Waals surface area (Å²) < 4.78 is 13.4. The monoisotopic (exact) mass is 576 g/mol. The third kappa shape index (κ3) is 6.85. The Hall–Kier alpha value is -2.82. The molecule has 1 aliphatic rings. The van der Waals surface area contributed by atoms with E-state index >= 15 is 0 Å². The summed E-state index contributed by atoms with van der Waals surface area (Å²) in [6, 6.07) is 18.1. The van der Waals surface area contributed by atoms with Gasteiger partial charge in [-0.15, -0.1) is 34.2 Å². The fraction of sp³-hybridized carbons (Fsp3) is 0.400. The molecule has 1 fully saturated rings. The van der Waals surface area contributed by atoms with Crippen LogP contribution in [0.4, 0.5) is 0 Å². The van der Waals surface area contributed by atoms with Crippen molar-refractivity contribution in [1.82, 2.24) is 25.0 Å². The summed E-state index contributed by atoms with van der Waals surface area (Å²) in [4.78, 5) is 7.23. The summed E-state index contributed by atoms with van der Waals surface area (Å²) in [5.41, 5.74) is 1.13. The van der Waals surface area contributed by atoms with Crippen LogP contribution >= 0.6 is 24.0 Å². The Morgan fingerprint density at radius 3 is 2.35 bits per heavy atom. The number of nitrogens with zero attached hydrogens (tertiary/aromatic N) is 5. The maximum Gasteiger partial charge on any atom is 0.194 e. The van der Waals surface area contributed by atoms with Gasteiger partial charge in [0.15, 0.2) is 11.8 Å². The molecule has 9 heteroatoms. The number of aliphatic imine (C=N–C) groups is 1. The maximum atomic E-state index is 6.16. The fourth-order valence-electron chi connectivity index (χ4n) is 3.80. The number of nitrogens with one attached hydrogen (secondary N) is 1. The molecule has 3 aromatic rings. The molecule has 182 valence electrons. The Bertz CT molecular complexity index is 1050. The van der Waals surface area contributed by atoms with Crippen LogP contribution in [0.3, 0.4) is 0 Å². The zero-order valence-corrected chi connectivity index (χ0v) is 22.3. The van der Waals surface area contributed by atoms with E-state index in [0.717, 1.165) is 60.6 Å². The first-order valence-corrected chi connectivity index (χ1v) is 11.3. The van der Waals surface area contributed by atoms with Crippen molar-refractivity contribution in [2.45, 2.75) is 39.0 Å². The third-order valence-electron chi connectivity index (χ3n) is 5.95. The first-order chi connectivity index (χ1) is 16.1. The van der Waals surface area contributed by atoms with Crippen molar-refractivity contribution < 1.29 is 9.47 Å². The number of ether oxygens (including phenoxy) is 2. The number of halogens is 1. The molecule has 1 N–H and O–H groups in total. The summed E-state index contributed by atoms with van der Waals surface area (Å²) in [7, 11) is 3.65. The van der Waals surface area contributed by atoms with E-state index in [0.29, 0.717) is 13.1 Å². The highest BCUT2D eigenvalue weighted by atomic mass is 127. The highest BCUT2D eigenvalue weighted by Gasteiger charge is 2.23. The van der Waals surface area contributed by atoms with Gasteiger partial charge in [-0.3, -0.25) is 0 Å². The van der Waals surface area contributed by atoms with Gasteiger partial charge in [0.2, 0.25) is 0 Å². The molecule has 4 rings (SSSR count). The van der Waals surface area contributed by atoms with Gasteiger partial charge in [0.1, 0.15) is 23.4 Å². The van der Waals surface area contributed by atoms with E-state index in [1.165, 1.54) is 0 Å². The second kappa shape index (κ2) is 12.6. The van der Waals surface area contributed by atoms with Crippen LogP contribution in [0.25, 0.3) is 0 Å². The molecule has 0 amide bonds. The summed E-state index contributed by atoms with van der Waals surface area (Å²) >= 11 is 0. The minimum Gasteiger partial charge on any atom is -0.497 e. The van der Waals surface area contributed by atoms with E-state index in [1.807, 2.05) is 73.1 Å². The number of aromatic nitrogens is 3. The van der Waals surface area contributed by atoms with Crippen LogP contribution in [0.15, 0.2) is 59.6 Å². The largest absolute Gasteiger partial charge is 0.497 e. The first-order valence-electron chi connectivity index (χ1n) is 11.3. The van der Waals surface area contributed by atoms with Crippen LogP contribution in [-0.2, 0) is 20.1 Å². The number of piperidine rings is 1. The quantitative estimate of drug-likeness (QED) is 0.261. The number of hydrogen-bond donors (Lipinski definition) is 1. The standard InChI is InChI=1S/C25H32N6O2.HI/c1-19-28-29-24(30(19)2)18-27-25(26-17-20-9-11-21(32-3)12-10-20)31-15-13-23(14-16-31)33-22-7-5-4-6-8-22;/h4-12,23H,13-18H2,1-3H3,(H,26,27);1H. The molecule has 1 saturated heterocycles. The molecular formula is C25H33IN6O2. The van der Waals surface area contributed by atoms with E-state index in [-0.39, 0.29) is 30.1 Å². The topological polar surface area (TPSA) is 76.8 Å². The van der Waals surface area contributed by atoms with Gasteiger partial charge in [-0.25, -0.2) is 4.99 Å². The second-order valence-corrected chi connectivity index (χ2v) is 8.18. The zero-order chi connectivity index (χ0) is 23.0. The highest BCUT2D eigenvalue weighted by molar-refractivity contribution is 14.0. The van der Waals surface area contributed by atoms with Gasteiger partial charge in [0.25, 0.3) is 0 Å². The van der Waals surface area contributed by atoms with E-state index in [9.17, 15) is 0 Å². The molecule has 1 aromatic heterocycles. The van der Waals surface area contributed by atoms with Crippen LogP contribution in [0.1, 0.15) is 30.1 Å². The Morgan fingerprint density at radius 2 is 1.74 bits per heavy atom. The van der Waals surface area contributed by atoms with E-state index in [4.69, 9.17) is 14.5 Å². The average molecular weight is 576 g/mol. The van der Waals surface area contributed by atoms with Crippen molar-refractivity contribution in [1.29, 1.82) is 0 Å². The minimum atomic E-state index is 0. The Balaban J connectivity index is 0.00000324. The second-order valence-electron chi connectivity index (χ2n) is 8.18. The van der Waals surface area contributed by atoms with E-state index in [2.05, 4.69) is 20.4 Å². The van der Waals surface area contributed by atoms with E-state index < -0.39 is 0 Å². The summed E-state index contributed by atoms with van der Waals surface area (Å²) in [5.74, 6) is 4.43. The summed E-state index contributed by atoms with van der Waals surface area (Å²) in [6.07, 6.45) is 2.11. The molecule has 0 atom stereocenters. The number of hydrogen-bond acceptors (Lipinski definition) is 5. The van der Waals surface area contributed by atoms with Crippen molar-refractivity contribution in [3.63, 3.8) is 0 Å². The molecule has 0 saturated carbocycles.